The monoisotopic (exact) mass is 351 g/mol. The summed E-state index contributed by atoms with van der Waals surface area (Å²) in [5.74, 6) is 0.548. The van der Waals surface area contributed by atoms with E-state index < -0.39 is 0 Å². The Labute approximate surface area is 151 Å². The van der Waals surface area contributed by atoms with E-state index in [-0.39, 0.29) is 24.1 Å². The lowest BCUT2D eigenvalue weighted by molar-refractivity contribution is -0.132. The highest BCUT2D eigenvalue weighted by molar-refractivity contribution is 5.79. The first-order valence-electron chi connectivity index (χ1n) is 8.35. The maximum Gasteiger partial charge on any atom is 0.261 e. The van der Waals surface area contributed by atoms with Crippen molar-refractivity contribution >= 4 is 16.8 Å². The van der Waals surface area contributed by atoms with Crippen LogP contribution in [0, 0.1) is 0 Å². The number of carbonyl (C=O) groups excluding carboxylic acids is 1. The molecule has 1 heterocycles. The van der Waals surface area contributed by atoms with Crippen molar-refractivity contribution in [2.45, 2.75) is 19.5 Å². The fourth-order valence-electron chi connectivity index (χ4n) is 2.91. The predicted octanol–water partition coefficient (Wildman–Crippen LogP) is 2.62. The number of nitrogens with zero attached hydrogens (tertiary/aromatic N) is 3. The van der Waals surface area contributed by atoms with E-state index in [2.05, 4.69) is 4.98 Å². The smallest absolute Gasteiger partial charge is 0.261 e. The van der Waals surface area contributed by atoms with Gasteiger partial charge in [0, 0.05) is 12.6 Å². The molecule has 134 valence electrons. The number of aromatic nitrogens is 2. The molecular weight excluding hydrogens is 330 g/mol. The molecule has 1 unspecified atom stereocenters. The summed E-state index contributed by atoms with van der Waals surface area (Å²) in [6.45, 7) is 1.86. The summed E-state index contributed by atoms with van der Waals surface area (Å²) in [6.07, 6.45) is 1.42. The Morgan fingerprint density at radius 2 is 1.88 bits per heavy atom. The zero-order valence-corrected chi connectivity index (χ0v) is 15.0. The number of hydrogen-bond donors (Lipinski definition) is 0. The van der Waals surface area contributed by atoms with Crippen LogP contribution < -0.4 is 10.3 Å². The Kier molecular flexibility index (Phi) is 5.02. The predicted molar refractivity (Wildman–Crippen MR) is 100 cm³/mol. The summed E-state index contributed by atoms with van der Waals surface area (Å²) in [6, 6.07) is 14.5. The van der Waals surface area contributed by atoms with Gasteiger partial charge in [-0.05, 0) is 25.1 Å². The van der Waals surface area contributed by atoms with E-state index in [1.54, 1.807) is 37.3 Å². The standard InChI is InChI=1S/C20H21N3O3/c1-14(15-8-5-7-11-18(15)26-3)22(2)19(24)12-23-13-21-17-10-6-4-9-16(17)20(23)25/h4-11,13-14H,12H2,1-3H3. The van der Waals surface area contributed by atoms with Crippen LogP contribution in [0.3, 0.4) is 0 Å². The Hall–Kier alpha value is -3.15. The van der Waals surface area contributed by atoms with Crippen LogP contribution >= 0.6 is 0 Å². The molecule has 0 saturated carbocycles. The van der Waals surface area contributed by atoms with Crippen molar-refractivity contribution in [2.24, 2.45) is 0 Å². The fourth-order valence-corrected chi connectivity index (χ4v) is 2.91. The Morgan fingerprint density at radius 1 is 1.19 bits per heavy atom. The molecule has 0 aliphatic carbocycles. The van der Waals surface area contributed by atoms with Crippen molar-refractivity contribution in [3.8, 4) is 5.75 Å². The lowest BCUT2D eigenvalue weighted by Crippen LogP contribution is -2.35. The molecule has 3 rings (SSSR count). The highest BCUT2D eigenvalue weighted by atomic mass is 16.5. The molecule has 3 aromatic rings. The van der Waals surface area contributed by atoms with Crippen LogP contribution in [-0.2, 0) is 11.3 Å². The summed E-state index contributed by atoms with van der Waals surface area (Å²) in [7, 11) is 3.33. The molecular formula is C20H21N3O3. The van der Waals surface area contributed by atoms with Crippen LogP contribution in [-0.4, -0.2) is 34.5 Å². The average molecular weight is 351 g/mol. The number of rotatable bonds is 5. The number of para-hydroxylation sites is 2. The normalized spacial score (nSPS) is 12.0. The van der Waals surface area contributed by atoms with Crippen molar-refractivity contribution in [3.05, 3.63) is 70.8 Å². The molecule has 0 aliphatic rings. The molecule has 0 aliphatic heterocycles. The fraction of sp³-hybridized carbons (Fsp3) is 0.250. The molecule has 1 atom stereocenters. The minimum absolute atomic E-state index is 0.0628. The molecule has 6 nitrogen and oxygen atoms in total. The molecule has 2 aromatic carbocycles. The second-order valence-electron chi connectivity index (χ2n) is 6.12. The number of hydrogen-bond acceptors (Lipinski definition) is 4. The molecule has 0 N–H and O–H groups in total. The second kappa shape index (κ2) is 7.39. The zero-order chi connectivity index (χ0) is 18.7. The van der Waals surface area contributed by atoms with Gasteiger partial charge in [0.05, 0.1) is 30.4 Å². The van der Waals surface area contributed by atoms with Crippen LogP contribution in [0.2, 0.25) is 0 Å². The van der Waals surface area contributed by atoms with Crippen LogP contribution in [0.4, 0.5) is 0 Å². The van der Waals surface area contributed by atoms with Gasteiger partial charge in [0.25, 0.3) is 5.56 Å². The van der Waals surface area contributed by atoms with Crippen molar-refractivity contribution in [1.29, 1.82) is 0 Å². The van der Waals surface area contributed by atoms with Gasteiger partial charge in [-0.15, -0.1) is 0 Å². The molecule has 6 heteroatoms. The van der Waals surface area contributed by atoms with Crippen LogP contribution in [0.5, 0.6) is 5.75 Å². The Morgan fingerprint density at radius 3 is 2.65 bits per heavy atom. The molecule has 26 heavy (non-hydrogen) atoms. The van der Waals surface area contributed by atoms with E-state index in [0.717, 1.165) is 11.3 Å². The van der Waals surface area contributed by atoms with Gasteiger partial charge < -0.3 is 9.64 Å². The van der Waals surface area contributed by atoms with Crippen molar-refractivity contribution < 1.29 is 9.53 Å². The van der Waals surface area contributed by atoms with E-state index >= 15 is 0 Å². The molecule has 0 radical (unpaired) electrons. The highest BCUT2D eigenvalue weighted by Gasteiger charge is 2.21. The van der Waals surface area contributed by atoms with Gasteiger partial charge in [-0.1, -0.05) is 30.3 Å². The summed E-state index contributed by atoms with van der Waals surface area (Å²) in [5.41, 5.74) is 1.31. The van der Waals surface area contributed by atoms with E-state index in [1.165, 1.54) is 10.9 Å². The maximum atomic E-state index is 12.7. The molecule has 1 amide bonds. The molecule has 1 aromatic heterocycles. The van der Waals surface area contributed by atoms with E-state index in [4.69, 9.17) is 4.74 Å². The third kappa shape index (κ3) is 3.31. The Bertz CT molecular complexity index is 997. The average Bonchev–Trinajstić information content (AvgIpc) is 2.69. The van der Waals surface area contributed by atoms with Gasteiger partial charge in [0.1, 0.15) is 12.3 Å². The first kappa shape index (κ1) is 17.7. The van der Waals surface area contributed by atoms with Crippen molar-refractivity contribution in [2.75, 3.05) is 14.2 Å². The van der Waals surface area contributed by atoms with Gasteiger partial charge in [-0.3, -0.25) is 14.2 Å². The number of amides is 1. The summed E-state index contributed by atoms with van der Waals surface area (Å²) in [4.78, 5) is 31.1. The van der Waals surface area contributed by atoms with E-state index in [9.17, 15) is 9.59 Å². The lowest BCUT2D eigenvalue weighted by Gasteiger charge is -2.26. The molecule has 0 saturated heterocycles. The SMILES string of the molecule is COc1ccccc1C(C)N(C)C(=O)Cn1cnc2ccccc2c1=O. The summed E-state index contributed by atoms with van der Waals surface area (Å²) >= 11 is 0. The molecule has 0 fully saturated rings. The van der Waals surface area contributed by atoms with Gasteiger partial charge in [0.2, 0.25) is 5.91 Å². The number of fused-ring (bicyclic) bond motifs is 1. The van der Waals surface area contributed by atoms with Crippen LogP contribution in [0.1, 0.15) is 18.5 Å². The third-order valence-corrected chi connectivity index (χ3v) is 4.60. The lowest BCUT2D eigenvalue weighted by atomic mass is 10.1. The van der Waals surface area contributed by atoms with Gasteiger partial charge in [-0.2, -0.15) is 0 Å². The minimum atomic E-state index is -0.220. The minimum Gasteiger partial charge on any atom is -0.496 e. The van der Waals surface area contributed by atoms with Crippen molar-refractivity contribution in [1.82, 2.24) is 14.5 Å². The number of benzene rings is 2. The number of methoxy groups -OCH3 is 1. The summed E-state index contributed by atoms with van der Waals surface area (Å²) < 4.78 is 6.72. The van der Waals surface area contributed by atoms with Crippen molar-refractivity contribution in [3.63, 3.8) is 0 Å². The quantitative estimate of drug-likeness (QED) is 0.709. The Balaban J connectivity index is 1.83. The van der Waals surface area contributed by atoms with Gasteiger partial charge >= 0.3 is 0 Å². The number of carbonyl (C=O) groups is 1. The highest BCUT2D eigenvalue weighted by Crippen LogP contribution is 2.28. The third-order valence-electron chi connectivity index (χ3n) is 4.60. The topological polar surface area (TPSA) is 64.4 Å². The van der Waals surface area contributed by atoms with Crippen LogP contribution in [0.15, 0.2) is 59.7 Å². The maximum absolute atomic E-state index is 12.7. The van der Waals surface area contributed by atoms with E-state index in [0.29, 0.717) is 10.9 Å². The molecule has 0 spiro atoms. The first-order chi connectivity index (χ1) is 12.5. The van der Waals surface area contributed by atoms with Crippen LogP contribution in [0.25, 0.3) is 10.9 Å². The van der Waals surface area contributed by atoms with E-state index in [1.807, 2.05) is 37.3 Å². The second-order valence-corrected chi connectivity index (χ2v) is 6.12. The number of likely N-dealkylation sites (N-methyl/N-ethyl adjacent to an activating group) is 1. The largest absolute Gasteiger partial charge is 0.496 e. The van der Waals surface area contributed by atoms with Gasteiger partial charge in [0.15, 0.2) is 0 Å². The zero-order valence-electron chi connectivity index (χ0n) is 15.0. The number of ether oxygens (including phenoxy) is 1. The first-order valence-corrected chi connectivity index (χ1v) is 8.35. The van der Waals surface area contributed by atoms with Gasteiger partial charge in [-0.25, -0.2) is 4.98 Å². The summed E-state index contributed by atoms with van der Waals surface area (Å²) in [5, 5.41) is 0.503. The molecule has 0 bridgehead atoms.